The lowest BCUT2D eigenvalue weighted by atomic mass is 10.1. The molecule has 3 nitrogen and oxygen atoms in total. The molecule has 0 saturated carbocycles. The first kappa shape index (κ1) is 13.4. The number of hydrogen-bond acceptors (Lipinski definition) is 3. The molecule has 0 N–H and O–H groups in total. The van der Waals surface area contributed by atoms with Gasteiger partial charge in [0.05, 0.1) is 16.8 Å². The van der Waals surface area contributed by atoms with Crippen molar-refractivity contribution in [3.63, 3.8) is 0 Å². The van der Waals surface area contributed by atoms with Crippen molar-refractivity contribution in [2.45, 2.75) is 0 Å². The van der Waals surface area contributed by atoms with E-state index in [2.05, 4.69) is 4.98 Å². The van der Waals surface area contributed by atoms with E-state index in [-0.39, 0.29) is 5.75 Å². The topological polar surface area (TPSA) is 39.2 Å². The van der Waals surface area contributed by atoms with Crippen molar-refractivity contribution in [2.24, 2.45) is 0 Å². The van der Waals surface area contributed by atoms with Crippen molar-refractivity contribution in [3.05, 3.63) is 58.9 Å². The highest BCUT2D eigenvalue weighted by Gasteiger charge is 2.17. The van der Waals surface area contributed by atoms with Crippen molar-refractivity contribution < 1.29 is 18.3 Å². The van der Waals surface area contributed by atoms with Gasteiger partial charge < -0.3 is 4.74 Å². The van der Waals surface area contributed by atoms with Gasteiger partial charge >= 0.3 is 0 Å². The van der Waals surface area contributed by atoms with Crippen LogP contribution in [-0.2, 0) is 0 Å². The van der Waals surface area contributed by atoms with Crippen molar-refractivity contribution in [1.29, 1.82) is 0 Å². The zero-order valence-electron chi connectivity index (χ0n) is 9.57. The highest BCUT2D eigenvalue weighted by Crippen LogP contribution is 2.17. The average Bonchev–Trinajstić information content (AvgIpc) is 2.36. The van der Waals surface area contributed by atoms with Gasteiger partial charge in [-0.25, -0.2) is 8.78 Å². The smallest absolute Gasteiger partial charge is 0.206 e. The van der Waals surface area contributed by atoms with Crippen LogP contribution >= 0.6 is 11.6 Å². The molecule has 0 amide bonds. The number of halogens is 3. The van der Waals surface area contributed by atoms with E-state index in [9.17, 15) is 13.6 Å². The van der Waals surface area contributed by atoms with Gasteiger partial charge in [-0.1, -0.05) is 17.7 Å². The Bertz CT molecular complexity index is 599. The Balaban J connectivity index is 2.10. The minimum atomic E-state index is -0.919. The summed E-state index contributed by atoms with van der Waals surface area (Å²) in [4.78, 5) is 15.4. The summed E-state index contributed by atoms with van der Waals surface area (Å²) in [5.74, 6) is -2.39. The number of hydrogen-bond donors (Lipinski definition) is 0. The minimum Gasteiger partial charge on any atom is -0.484 e. The van der Waals surface area contributed by atoms with E-state index >= 15 is 0 Å². The highest BCUT2D eigenvalue weighted by atomic mass is 35.5. The summed E-state index contributed by atoms with van der Waals surface area (Å²) in [5.41, 5.74) is -0.613. The second-order valence-electron chi connectivity index (χ2n) is 3.65. The largest absolute Gasteiger partial charge is 0.484 e. The van der Waals surface area contributed by atoms with Gasteiger partial charge in [0, 0.05) is 12.3 Å². The molecule has 2 rings (SSSR count). The van der Waals surface area contributed by atoms with E-state index in [1.807, 2.05) is 0 Å². The Morgan fingerprint density at radius 2 is 1.95 bits per heavy atom. The monoisotopic (exact) mass is 283 g/mol. The Morgan fingerprint density at radius 3 is 2.58 bits per heavy atom. The van der Waals surface area contributed by atoms with E-state index in [0.29, 0.717) is 5.02 Å². The number of pyridine rings is 1. The fraction of sp³-hybridized carbons (Fsp3) is 0.0769. The molecule has 0 unspecified atom stereocenters. The normalized spacial score (nSPS) is 10.3. The van der Waals surface area contributed by atoms with E-state index < -0.39 is 29.6 Å². The van der Waals surface area contributed by atoms with E-state index in [4.69, 9.17) is 16.3 Å². The maximum Gasteiger partial charge on any atom is 0.206 e. The summed E-state index contributed by atoms with van der Waals surface area (Å²) in [6.07, 6.45) is 2.74. The Hall–Kier alpha value is -2.01. The molecule has 0 spiro atoms. The standard InChI is InChI=1S/C13H8ClF2NO2/c14-8-4-9(6-17-5-8)19-7-12(18)13-10(15)2-1-3-11(13)16/h1-6H,7H2. The summed E-state index contributed by atoms with van der Waals surface area (Å²) in [6, 6.07) is 4.65. The Kier molecular flexibility index (Phi) is 4.06. The molecule has 1 aromatic heterocycles. The Labute approximate surface area is 112 Å². The molecule has 98 valence electrons. The molecule has 1 aromatic carbocycles. The van der Waals surface area contributed by atoms with Crippen LogP contribution in [0.5, 0.6) is 5.75 Å². The quantitative estimate of drug-likeness (QED) is 0.809. The lowest BCUT2D eigenvalue weighted by Crippen LogP contribution is -2.15. The Morgan fingerprint density at radius 1 is 1.26 bits per heavy atom. The van der Waals surface area contributed by atoms with Gasteiger partial charge in [0.25, 0.3) is 0 Å². The highest BCUT2D eigenvalue weighted by molar-refractivity contribution is 6.30. The lowest BCUT2D eigenvalue weighted by Gasteiger charge is -2.06. The molecule has 0 saturated heterocycles. The van der Waals surface area contributed by atoms with Crippen LogP contribution < -0.4 is 4.74 Å². The van der Waals surface area contributed by atoms with Crippen LogP contribution in [0.25, 0.3) is 0 Å². The molecule has 19 heavy (non-hydrogen) atoms. The number of carbonyl (C=O) groups is 1. The first-order valence-corrected chi connectivity index (χ1v) is 5.66. The molecule has 0 radical (unpaired) electrons. The van der Waals surface area contributed by atoms with Gasteiger partial charge in [-0.05, 0) is 12.1 Å². The summed E-state index contributed by atoms with van der Waals surface area (Å²) in [6.45, 7) is -0.500. The maximum atomic E-state index is 13.3. The third-order valence-electron chi connectivity index (χ3n) is 2.29. The molecular weight excluding hydrogens is 276 g/mol. The van der Waals surface area contributed by atoms with E-state index in [1.165, 1.54) is 24.5 Å². The van der Waals surface area contributed by atoms with E-state index in [1.54, 1.807) is 0 Å². The van der Waals surface area contributed by atoms with Gasteiger partial charge in [0.15, 0.2) is 6.61 Å². The molecule has 0 aliphatic carbocycles. The number of ketones is 1. The predicted molar refractivity (Wildman–Crippen MR) is 65.4 cm³/mol. The molecule has 6 heteroatoms. The summed E-state index contributed by atoms with van der Waals surface area (Å²) < 4.78 is 31.8. The fourth-order valence-corrected chi connectivity index (χ4v) is 1.62. The van der Waals surface area contributed by atoms with Gasteiger partial charge in [-0.3, -0.25) is 9.78 Å². The zero-order valence-corrected chi connectivity index (χ0v) is 10.3. The molecule has 0 aliphatic heterocycles. The summed E-state index contributed by atoms with van der Waals surface area (Å²) in [5, 5.41) is 0.335. The van der Waals surface area contributed by atoms with Crippen molar-refractivity contribution in [1.82, 2.24) is 4.98 Å². The van der Waals surface area contributed by atoms with Crippen LogP contribution in [0.1, 0.15) is 10.4 Å². The van der Waals surface area contributed by atoms with Gasteiger partial charge in [-0.2, -0.15) is 0 Å². The molecular formula is C13H8ClF2NO2. The van der Waals surface area contributed by atoms with Crippen LogP contribution in [0.2, 0.25) is 5.02 Å². The first-order chi connectivity index (χ1) is 9.08. The summed E-state index contributed by atoms with van der Waals surface area (Å²) >= 11 is 5.68. The minimum absolute atomic E-state index is 0.248. The number of rotatable bonds is 4. The molecule has 1 heterocycles. The number of ether oxygens (including phenoxy) is 1. The molecule has 0 bridgehead atoms. The SMILES string of the molecule is O=C(COc1cncc(Cl)c1)c1c(F)cccc1F. The first-order valence-electron chi connectivity index (χ1n) is 5.28. The molecule has 0 fully saturated rings. The lowest BCUT2D eigenvalue weighted by molar-refractivity contribution is 0.0912. The van der Waals surface area contributed by atoms with Crippen LogP contribution in [0.4, 0.5) is 8.78 Å². The fourth-order valence-electron chi connectivity index (χ4n) is 1.46. The van der Waals surface area contributed by atoms with Gasteiger partial charge in [-0.15, -0.1) is 0 Å². The summed E-state index contributed by atoms with van der Waals surface area (Å²) in [7, 11) is 0. The third kappa shape index (κ3) is 3.26. The number of aromatic nitrogens is 1. The molecule has 2 aromatic rings. The zero-order chi connectivity index (χ0) is 13.8. The van der Waals surface area contributed by atoms with Crippen molar-refractivity contribution in [2.75, 3.05) is 6.61 Å². The van der Waals surface area contributed by atoms with Crippen molar-refractivity contribution >= 4 is 17.4 Å². The van der Waals surface area contributed by atoms with Crippen LogP contribution in [-0.4, -0.2) is 17.4 Å². The van der Waals surface area contributed by atoms with Gasteiger partial charge in [0.1, 0.15) is 17.4 Å². The average molecular weight is 284 g/mol. The number of carbonyl (C=O) groups excluding carboxylic acids is 1. The van der Waals surface area contributed by atoms with Crippen LogP contribution in [0.3, 0.4) is 0 Å². The second-order valence-corrected chi connectivity index (χ2v) is 4.08. The van der Waals surface area contributed by atoms with Gasteiger partial charge in [0.2, 0.25) is 5.78 Å². The van der Waals surface area contributed by atoms with Crippen LogP contribution in [0.15, 0.2) is 36.7 Å². The number of nitrogens with zero attached hydrogens (tertiary/aromatic N) is 1. The predicted octanol–water partition coefficient (Wildman–Crippen LogP) is 3.27. The number of benzene rings is 1. The molecule has 0 atom stereocenters. The second kappa shape index (κ2) is 5.75. The maximum absolute atomic E-state index is 13.3. The third-order valence-corrected chi connectivity index (χ3v) is 2.50. The molecule has 0 aliphatic rings. The number of Topliss-reactive ketones (excluding diaryl/α,β-unsaturated/α-hetero) is 1. The van der Waals surface area contributed by atoms with Crippen molar-refractivity contribution in [3.8, 4) is 5.75 Å². The van der Waals surface area contributed by atoms with E-state index in [0.717, 1.165) is 12.1 Å². The van der Waals surface area contributed by atoms with Crippen LogP contribution in [0, 0.1) is 11.6 Å².